The number of benzene rings is 2. The molecule has 1 saturated heterocycles. The molecule has 7 heteroatoms. The van der Waals surface area contributed by atoms with Gasteiger partial charge in [-0.3, -0.25) is 9.69 Å². The molecule has 1 amide bonds. The van der Waals surface area contributed by atoms with Crippen LogP contribution in [0.1, 0.15) is 30.9 Å². The monoisotopic (exact) mass is 443 g/mol. The highest BCUT2D eigenvalue weighted by atomic mass is 32.2. The first-order valence-electron chi connectivity index (χ1n) is 11.0. The number of carbonyl (C=O) groups is 1. The van der Waals surface area contributed by atoms with Crippen molar-refractivity contribution >= 4 is 15.9 Å². The van der Waals surface area contributed by atoms with Crippen LogP contribution in [-0.4, -0.2) is 56.8 Å². The highest BCUT2D eigenvalue weighted by Crippen LogP contribution is 2.18. The van der Waals surface area contributed by atoms with Crippen molar-refractivity contribution in [1.29, 1.82) is 0 Å². The average Bonchev–Trinajstić information content (AvgIpc) is 2.77. The third kappa shape index (κ3) is 6.89. The van der Waals surface area contributed by atoms with Gasteiger partial charge in [0.2, 0.25) is 15.9 Å². The molecular formula is C24H33N3O3S. The van der Waals surface area contributed by atoms with Crippen LogP contribution >= 0.6 is 0 Å². The van der Waals surface area contributed by atoms with Gasteiger partial charge < -0.3 is 4.90 Å². The third-order valence-electron chi connectivity index (χ3n) is 5.81. The Bertz CT molecular complexity index is 946. The van der Waals surface area contributed by atoms with Gasteiger partial charge in [0.05, 0.1) is 11.4 Å². The van der Waals surface area contributed by atoms with Crippen molar-refractivity contribution in [3.8, 4) is 0 Å². The maximum Gasteiger partial charge on any atom is 0.240 e. The Morgan fingerprint density at radius 2 is 1.84 bits per heavy atom. The van der Waals surface area contributed by atoms with Crippen molar-refractivity contribution in [3.05, 3.63) is 65.7 Å². The number of nitrogens with one attached hydrogen (secondary N) is 1. The highest BCUT2D eigenvalue weighted by molar-refractivity contribution is 7.89. The minimum Gasteiger partial charge on any atom is -0.338 e. The predicted molar refractivity (Wildman–Crippen MR) is 123 cm³/mol. The largest absolute Gasteiger partial charge is 0.338 e. The fourth-order valence-corrected chi connectivity index (χ4v) is 5.08. The molecule has 2 aromatic carbocycles. The number of aryl methyl sites for hydroxylation is 1. The lowest BCUT2D eigenvalue weighted by Gasteiger charge is -2.33. The van der Waals surface area contributed by atoms with E-state index in [2.05, 4.69) is 9.62 Å². The number of hydrogen-bond donors (Lipinski definition) is 1. The van der Waals surface area contributed by atoms with Crippen LogP contribution in [0.15, 0.2) is 59.5 Å². The summed E-state index contributed by atoms with van der Waals surface area (Å²) < 4.78 is 27.9. The molecule has 1 atom stereocenters. The number of hydrogen-bond acceptors (Lipinski definition) is 4. The molecule has 0 aromatic heterocycles. The first-order chi connectivity index (χ1) is 14.9. The molecule has 168 valence electrons. The molecule has 1 heterocycles. The standard InChI is InChI=1S/C24H33N3O3S/c1-3-27(18-21-8-5-4-6-9-21)24(28)19-26-15-7-10-22(17-26)16-25-31(29,30)23-13-11-20(2)12-14-23/h4-6,8-9,11-14,22,25H,3,7,10,15-19H2,1-2H3. The Labute approximate surface area is 186 Å². The van der Waals surface area contributed by atoms with E-state index < -0.39 is 10.0 Å². The molecule has 0 spiro atoms. The van der Waals surface area contributed by atoms with Gasteiger partial charge in [-0.1, -0.05) is 48.0 Å². The fourth-order valence-electron chi connectivity index (χ4n) is 3.96. The van der Waals surface area contributed by atoms with Crippen LogP contribution in [0.25, 0.3) is 0 Å². The first-order valence-corrected chi connectivity index (χ1v) is 12.5. The lowest BCUT2D eigenvalue weighted by molar-refractivity contribution is -0.133. The zero-order valence-corrected chi connectivity index (χ0v) is 19.3. The predicted octanol–water partition coefficient (Wildman–Crippen LogP) is 3.03. The summed E-state index contributed by atoms with van der Waals surface area (Å²) in [6.07, 6.45) is 1.93. The van der Waals surface area contributed by atoms with E-state index in [9.17, 15) is 13.2 Å². The van der Waals surface area contributed by atoms with Crippen LogP contribution in [0.2, 0.25) is 0 Å². The van der Waals surface area contributed by atoms with Gasteiger partial charge in [-0.25, -0.2) is 13.1 Å². The maximum absolute atomic E-state index is 12.9. The van der Waals surface area contributed by atoms with Gasteiger partial charge in [-0.15, -0.1) is 0 Å². The molecule has 1 fully saturated rings. The first kappa shape index (κ1) is 23.4. The van der Waals surface area contributed by atoms with E-state index in [1.54, 1.807) is 24.3 Å². The van der Waals surface area contributed by atoms with E-state index in [1.807, 2.05) is 49.1 Å². The van der Waals surface area contributed by atoms with Gasteiger partial charge in [0, 0.05) is 26.2 Å². The van der Waals surface area contributed by atoms with Crippen LogP contribution in [-0.2, 0) is 21.4 Å². The molecule has 3 rings (SSSR count). The van der Waals surface area contributed by atoms with Crippen LogP contribution in [0.5, 0.6) is 0 Å². The van der Waals surface area contributed by atoms with Crippen molar-refractivity contribution < 1.29 is 13.2 Å². The van der Waals surface area contributed by atoms with E-state index in [1.165, 1.54) is 0 Å². The minimum absolute atomic E-state index is 0.118. The molecular weight excluding hydrogens is 410 g/mol. The van der Waals surface area contributed by atoms with Crippen LogP contribution in [0.4, 0.5) is 0 Å². The van der Waals surface area contributed by atoms with Crippen molar-refractivity contribution in [3.63, 3.8) is 0 Å². The summed E-state index contributed by atoms with van der Waals surface area (Å²) in [6, 6.07) is 16.9. The van der Waals surface area contributed by atoms with Crippen molar-refractivity contribution in [2.24, 2.45) is 5.92 Å². The Morgan fingerprint density at radius 3 is 2.52 bits per heavy atom. The summed E-state index contributed by atoms with van der Waals surface area (Å²) in [7, 11) is -3.51. The summed E-state index contributed by atoms with van der Waals surface area (Å²) in [5.74, 6) is 0.318. The summed E-state index contributed by atoms with van der Waals surface area (Å²) in [5.41, 5.74) is 2.15. The zero-order chi connectivity index (χ0) is 22.3. The van der Waals surface area contributed by atoms with Crippen LogP contribution < -0.4 is 4.72 Å². The number of rotatable bonds is 9. The van der Waals surface area contributed by atoms with E-state index in [0.717, 1.165) is 37.1 Å². The number of likely N-dealkylation sites (N-methyl/N-ethyl adjacent to an activating group) is 1. The number of likely N-dealkylation sites (tertiary alicyclic amines) is 1. The fraction of sp³-hybridized carbons (Fsp3) is 0.458. The Morgan fingerprint density at radius 1 is 1.13 bits per heavy atom. The van der Waals surface area contributed by atoms with Gasteiger partial charge in [-0.2, -0.15) is 0 Å². The molecule has 1 aliphatic rings. The number of amides is 1. The molecule has 6 nitrogen and oxygen atoms in total. The van der Waals surface area contributed by atoms with Crippen LogP contribution in [0.3, 0.4) is 0 Å². The third-order valence-corrected chi connectivity index (χ3v) is 7.25. The number of carbonyl (C=O) groups excluding carboxylic acids is 1. The maximum atomic E-state index is 12.9. The average molecular weight is 444 g/mol. The molecule has 1 unspecified atom stereocenters. The zero-order valence-electron chi connectivity index (χ0n) is 18.5. The molecule has 1 N–H and O–H groups in total. The second kappa shape index (κ2) is 10.9. The van der Waals surface area contributed by atoms with E-state index in [-0.39, 0.29) is 11.8 Å². The molecule has 0 aliphatic carbocycles. The highest BCUT2D eigenvalue weighted by Gasteiger charge is 2.25. The SMILES string of the molecule is CCN(Cc1ccccc1)C(=O)CN1CCCC(CNS(=O)(=O)c2ccc(C)cc2)C1. The van der Waals surface area contributed by atoms with Gasteiger partial charge in [-0.05, 0) is 56.8 Å². The smallest absolute Gasteiger partial charge is 0.240 e. The van der Waals surface area contributed by atoms with Gasteiger partial charge in [0.15, 0.2) is 0 Å². The second-order valence-electron chi connectivity index (χ2n) is 8.30. The molecule has 0 bridgehead atoms. The van der Waals surface area contributed by atoms with Gasteiger partial charge in [0.25, 0.3) is 0 Å². The summed E-state index contributed by atoms with van der Waals surface area (Å²) >= 11 is 0. The number of piperidine rings is 1. The Hall–Kier alpha value is -2.22. The summed E-state index contributed by atoms with van der Waals surface area (Å²) in [6.45, 7) is 7.58. The number of nitrogens with zero attached hydrogens (tertiary/aromatic N) is 2. The normalized spacial score (nSPS) is 17.4. The Balaban J connectivity index is 1.51. The van der Waals surface area contributed by atoms with E-state index in [0.29, 0.717) is 31.1 Å². The summed E-state index contributed by atoms with van der Waals surface area (Å²) in [4.78, 5) is 17.2. The van der Waals surface area contributed by atoms with Gasteiger partial charge in [0.1, 0.15) is 0 Å². The number of sulfonamides is 1. The van der Waals surface area contributed by atoms with Gasteiger partial charge >= 0.3 is 0 Å². The quantitative estimate of drug-likeness (QED) is 0.647. The topological polar surface area (TPSA) is 69.7 Å². The molecule has 0 radical (unpaired) electrons. The van der Waals surface area contributed by atoms with E-state index >= 15 is 0 Å². The lowest BCUT2D eigenvalue weighted by Crippen LogP contribution is -2.46. The molecule has 31 heavy (non-hydrogen) atoms. The minimum atomic E-state index is -3.51. The molecule has 1 aliphatic heterocycles. The van der Waals surface area contributed by atoms with Crippen molar-refractivity contribution in [2.75, 3.05) is 32.7 Å². The summed E-state index contributed by atoms with van der Waals surface area (Å²) in [5, 5.41) is 0. The van der Waals surface area contributed by atoms with Crippen molar-refractivity contribution in [1.82, 2.24) is 14.5 Å². The van der Waals surface area contributed by atoms with Crippen molar-refractivity contribution in [2.45, 2.75) is 38.1 Å². The van der Waals surface area contributed by atoms with E-state index in [4.69, 9.17) is 0 Å². The molecule has 2 aromatic rings. The lowest BCUT2D eigenvalue weighted by atomic mass is 9.98. The second-order valence-corrected chi connectivity index (χ2v) is 10.1. The molecule has 0 saturated carbocycles. The van der Waals surface area contributed by atoms with Crippen LogP contribution in [0, 0.1) is 12.8 Å². The Kier molecular flexibility index (Phi) is 8.23.